The van der Waals surface area contributed by atoms with Gasteiger partial charge in [-0.3, -0.25) is 4.68 Å². The zero-order chi connectivity index (χ0) is 16.1. The Morgan fingerprint density at radius 2 is 1.95 bits per heavy atom. The fourth-order valence-electron chi connectivity index (χ4n) is 2.07. The van der Waals surface area contributed by atoms with Crippen molar-refractivity contribution < 1.29 is 13.2 Å². The molecule has 0 saturated carbocycles. The first-order chi connectivity index (χ1) is 10.3. The van der Waals surface area contributed by atoms with Crippen LogP contribution in [-0.2, 0) is 20.3 Å². The summed E-state index contributed by atoms with van der Waals surface area (Å²) >= 11 is 6.00. The summed E-state index contributed by atoms with van der Waals surface area (Å²) in [5, 5.41) is 7.05. The third-order valence-electron chi connectivity index (χ3n) is 3.13. The fourth-order valence-corrected chi connectivity index (χ4v) is 2.21. The van der Waals surface area contributed by atoms with Gasteiger partial charge in [-0.15, -0.1) is 0 Å². The molecule has 0 fully saturated rings. The SMILES string of the molecule is Cn1ncc(Nc2ncc3c(C(F)(F)F)cn(C)c3n2)c1Cl. The molecule has 0 unspecified atom stereocenters. The predicted octanol–water partition coefficient (Wildman–Crippen LogP) is 3.12. The lowest BCUT2D eigenvalue weighted by atomic mass is 10.2. The van der Waals surface area contributed by atoms with E-state index in [4.69, 9.17) is 11.6 Å². The molecule has 0 saturated heterocycles. The van der Waals surface area contributed by atoms with Crippen LogP contribution in [0.25, 0.3) is 11.0 Å². The van der Waals surface area contributed by atoms with E-state index in [1.54, 1.807) is 7.05 Å². The van der Waals surface area contributed by atoms with Crippen LogP contribution in [0, 0.1) is 0 Å². The van der Waals surface area contributed by atoms with Gasteiger partial charge in [-0.25, -0.2) is 4.98 Å². The van der Waals surface area contributed by atoms with Gasteiger partial charge in [0.05, 0.1) is 17.4 Å². The minimum absolute atomic E-state index is 0.0576. The maximum absolute atomic E-state index is 12.9. The highest BCUT2D eigenvalue weighted by atomic mass is 35.5. The van der Waals surface area contributed by atoms with E-state index < -0.39 is 11.7 Å². The average Bonchev–Trinajstić information content (AvgIpc) is 2.94. The molecule has 0 amide bonds. The molecule has 116 valence electrons. The van der Waals surface area contributed by atoms with Crippen LogP contribution in [0.1, 0.15) is 5.56 Å². The molecule has 3 rings (SSSR count). The molecular formula is C12H10ClF3N6. The summed E-state index contributed by atoms with van der Waals surface area (Å²) in [5.74, 6) is 0.136. The van der Waals surface area contributed by atoms with E-state index in [9.17, 15) is 13.2 Å². The van der Waals surface area contributed by atoms with Crippen LogP contribution in [0.3, 0.4) is 0 Å². The monoisotopic (exact) mass is 330 g/mol. The van der Waals surface area contributed by atoms with Gasteiger partial charge in [-0.1, -0.05) is 11.6 Å². The van der Waals surface area contributed by atoms with Crippen molar-refractivity contribution in [2.45, 2.75) is 6.18 Å². The summed E-state index contributed by atoms with van der Waals surface area (Å²) in [6.45, 7) is 0. The Balaban J connectivity index is 2.04. The molecule has 3 heterocycles. The second-order valence-electron chi connectivity index (χ2n) is 4.68. The Labute approximate surface area is 127 Å². The number of fused-ring (bicyclic) bond motifs is 1. The molecule has 1 N–H and O–H groups in total. The summed E-state index contributed by atoms with van der Waals surface area (Å²) < 4.78 is 41.5. The standard InChI is InChI=1S/C12H10ClF3N6/c1-21-5-7(12(14,15)16)6-3-17-11(20-10(6)21)19-8-4-18-22(2)9(8)13/h3-5H,1-2H3,(H,17,19,20). The van der Waals surface area contributed by atoms with Gasteiger partial charge in [0, 0.05) is 31.9 Å². The smallest absolute Gasteiger partial charge is 0.335 e. The minimum Gasteiger partial charge on any atom is -0.335 e. The Morgan fingerprint density at radius 1 is 1.23 bits per heavy atom. The normalized spacial score (nSPS) is 12.1. The van der Waals surface area contributed by atoms with Crippen LogP contribution >= 0.6 is 11.6 Å². The van der Waals surface area contributed by atoms with Gasteiger partial charge in [-0.2, -0.15) is 23.3 Å². The van der Waals surface area contributed by atoms with Crippen LogP contribution in [0.15, 0.2) is 18.6 Å². The maximum atomic E-state index is 12.9. The lowest BCUT2D eigenvalue weighted by Gasteiger charge is -2.05. The second-order valence-corrected chi connectivity index (χ2v) is 5.04. The van der Waals surface area contributed by atoms with E-state index in [0.29, 0.717) is 10.8 Å². The molecule has 0 bridgehead atoms. The van der Waals surface area contributed by atoms with E-state index in [2.05, 4.69) is 20.4 Å². The number of nitrogens with one attached hydrogen (secondary N) is 1. The zero-order valence-corrected chi connectivity index (χ0v) is 12.2. The molecule has 3 aromatic rings. The summed E-state index contributed by atoms with van der Waals surface area (Å²) in [5.41, 5.74) is -0.130. The Morgan fingerprint density at radius 3 is 2.55 bits per heavy atom. The molecule has 3 aromatic heterocycles. The average molecular weight is 331 g/mol. The number of rotatable bonds is 2. The number of halogens is 4. The third-order valence-corrected chi connectivity index (χ3v) is 3.58. The van der Waals surface area contributed by atoms with Gasteiger partial charge in [0.25, 0.3) is 0 Å². The van der Waals surface area contributed by atoms with Crippen molar-refractivity contribution in [2.75, 3.05) is 5.32 Å². The predicted molar refractivity (Wildman–Crippen MR) is 75.0 cm³/mol. The lowest BCUT2D eigenvalue weighted by Crippen LogP contribution is -2.04. The van der Waals surface area contributed by atoms with Crippen molar-refractivity contribution in [1.82, 2.24) is 24.3 Å². The van der Waals surface area contributed by atoms with Crippen molar-refractivity contribution >= 4 is 34.3 Å². The van der Waals surface area contributed by atoms with Gasteiger partial charge < -0.3 is 9.88 Å². The Bertz CT molecular complexity index is 851. The van der Waals surface area contributed by atoms with Gasteiger partial charge in [-0.05, 0) is 0 Å². The maximum Gasteiger partial charge on any atom is 0.418 e. The number of aromatic nitrogens is 5. The van der Waals surface area contributed by atoms with E-state index in [0.717, 1.165) is 12.4 Å². The molecule has 0 aliphatic rings. The van der Waals surface area contributed by atoms with E-state index >= 15 is 0 Å². The summed E-state index contributed by atoms with van der Waals surface area (Å²) in [6.07, 6.45) is -0.857. The molecule has 0 radical (unpaired) electrons. The first-order valence-corrected chi connectivity index (χ1v) is 6.49. The van der Waals surface area contributed by atoms with Crippen molar-refractivity contribution in [2.24, 2.45) is 14.1 Å². The largest absolute Gasteiger partial charge is 0.418 e. The molecule has 0 spiro atoms. The second kappa shape index (κ2) is 4.87. The molecular weight excluding hydrogens is 321 g/mol. The zero-order valence-electron chi connectivity index (χ0n) is 11.5. The molecule has 0 aliphatic carbocycles. The fraction of sp³-hybridized carbons (Fsp3) is 0.250. The molecule has 0 aliphatic heterocycles. The molecule has 0 aromatic carbocycles. The van der Waals surface area contributed by atoms with Gasteiger partial charge in [0.2, 0.25) is 5.95 Å². The summed E-state index contributed by atoms with van der Waals surface area (Å²) in [6, 6.07) is 0. The summed E-state index contributed by atoms with van der Waals surface area (Å²) in [4.78, 5) is 8.01. The third kappa shape index (κ3) is 2.37. The highest BCUT2D eigenvalue weighted by Crippen LogP contribution is 2.35. The van der Waals surface area contributed by atoms with Crippen molar-refractivity contribution in [3.63, 3.8) is 0 Å². The van der Waals surface area contributed by atoms with Gasteiger partial charge in [0.1, 0.15) is 10.8 Å². The van der Waals surface area contributed by atoms with Crippen molar-refractivity contribution in [3.8, 4) is 0 Å². The van der Waals surface area contributed by atoms with E-state index in [1.807, 2.05) is 0 Å². The molecule has 6 nitrogen and oxygen atoms in total. The Kier molecular flexibility index (Phi) is 3.24. The van der Waals surface area contributed by atoms with Crippen LogP contribution in [0.2, 0.25) is 5.15 Å². The van der Waals surface area contributed by atoms with E-state index in [1.165, 1.54) is 22.5 Å². The topological polar surface area (TPSA) is 60.6 Å². The number of aryl methyl sites for hydroxylation is 2. The molecule has 10 heteroatoms. The summed E-state index contributed by atoms with van der Waals surface area (Å²) in [7, 11) is 3.15. The van der Waals surface area contributed by atoms with Crippen LogP contribution in [0.5, 0.6) is 0 Å². The highest BCUT2D eigenvalue weighted by molar-refractivity contribution is 6.32. The molecule has 22 heavy (non-hydrogen) atoms. The number of nitrogens with zero attached hydrogens (tertiary/aromatic N) is 5. The number of hydrogen-bond donors (Lipinski definition) is 1. The first-order valence-electron chi connectivity index (χ1n) is 6.11. The van der Waals surface area contributed by atoms with E-state index in [-0.39, 0.29) is 17.0 Å². The van der Waals surface area contributed by atoms with Crippen LogP contribution < -0.4 is 5.32 Å². The van der Waals surface area contributed by atoms with Crippen molar-refractivity contribution in [3.05, 3.63) is 29.3 Å². The van der Waals surface area contributed by atoms with Crippen LogP contribution in [0.4, 0.5) is 24.8 Å². The van der Waals surface area contributed by atoms with Gasteiger partial charge >= 0.3 is 6.18 Å². The highest BCUT2D eigenvalue weighted by Gasteiger charge is 2.34. The number of alkyl halides is 3. The number of anilines is 2. The quantitative estimate of drug-likeness (QED) is 0.784. The van der Waals surface area contributed by atoms with Crippen molar-refractivity contribution in [1.29, 1.82) is 0 Å². The number of hydrogen-bond acceptors (Lipinski definition) is 4. The lowest BCUT2D eigenvalue weighted by molar-refractivity contribution is -0.136. The van der Waals surface area contributed by atoms with Crippen LogP contribution in [-0.4, -0.2) is 24.3 Å². The Hall–Kier alpha value is -2.29. The van der Waals surface area contributed by atoms with Gasteiger partial charge in [0.15, 0.2) is 0 Å². The first kappa shape index (κ1) is 14.6. The molecule has 0 atom stereocenters. The minimum atomic E-state index is -4.45.